The molecule has 0 bridgehead atoms. The highest BCUT2D eigenvalue weighted by molar-refractivity contribution is 5.77. The van der Waals surface area contributed by atoms with Gasteiger partial charge >= 0.3 is 0 Å². The number of hydrogen-bond donors (Lipinski definition) is 2. The van der Waals surface area contributed by atoms with Crippen LogP contribution in [0.2, 0.25) is 0 Å². The van der Waals surface area contributed by atoms with Crippen LogP contribution in [0.25, 0.3) is 0 Å². The van der Waals surface area contributed by atoms with Gasteiger partial charge in [0.2, 0.25) is 5.91 Å². The lowest BCUT2D eigenvalue weighted by atomic mass is 10.0. The Morgan fingerprint density at radius 2 is 1.50 bits per heavy atom. The zero-order chi connectivity index (χ0) is 13.8. The third-order valence-electron chi connectivity index (χ3n) is 3.17. The van der Waals surface area contributed by atoms with E-state index in [0.717, 1.165) is 6.42 Å². The lowest BCUT2D eigenvalue weighted by molar-refractivity contribution is -0.125. The third-order valence-corrected chi connectivity index (χ3v) is 3.17. The number of hydrazine groups is 1. The highest BCUT2D eigenvalue weighted by atomic mass is 16.2. The molecule has 0 spiro atoms. The van der Waals surface area contributed by atoms with Crippen LogP contribution in [0, 0.1) is 5.92 Å². The SMILES string of the molecule is CCCCCCCCCC(C)C(=O)NNC(C)C. The molecule has 0 aromatic rings. The van der Waals surface area contributed by atoms with Gasteiger partial charge in [0.25, 0.3) is 0 Å². The Kier molecular flexibility index (Phi) is 11.2. The monoisotopic (exact) mass is 256 g/mol. The van der Waals surface area contributed by atoms with E-state index in [0.29, 0.717) is 6.04 Å². The van der Waals surface area contributed by atoms with Crippen molar-refractivity contribution in [1.82, 2.24) is 10.9 Å². The van der Waals surface area contributed by atoms with Gasteiger partial charge in [-0.1, -0.05) is 58.8 Å². The fourth-order valence-electron chi connectivity index (χ4n) is 1.88. The standard InChI is InChI=1S/C15H32N2O/c1-5-6-7-8-9-10-11-12-14(4)15(18)17-16-13(2)3/h13-14,16H,5-12H2,1-4H3,(H,17,18). The second-order valence-corrected chi connectivity index (χ2v) is 5.60. The van der Waals surface area contributed by atoms with E-state index in [1.54, 1.807) is 0 Å². The lowest BCUT2D eigenvalue weighted by Crippen LogP contribution is -2.44. The van der Waals surface area contributed by atoms with Crippen LogP contribution in [0.1, 0.15) is 79.1 Å². The Hall–Kier alpha value is -0.570. The number of unbranched alkanes of at least 4 members (excludes halogenated alkanes) is 6. The highest BCUT2D eigenvalue weighted by Gasteiger charge is 2.11. The minimum Gasteiger partial charge on any atom is -0.291 e. The fraction of sp³-hybridized carbons (Fsp3) is 0.933. The quantitative estimate of drug-likeness (QED) is 0.436. The predicted octanol–water partition coefficient (Wildman–Crippen LogP) is 3.79. The molecule has 0 aliphatic carbocycles. The number of nitrogens with one attached hydrogen (secondary N) is 2. The average Bonchev–Trinajstić information content (AvgIpc) is 2.34. The fourth-order valence-corrected chi connectivity index (χ4v) is 1.88. The summed E-state index contributed by atoms with van der Waals surface area (Å²) in [6.07, 6.45) is 10.1. The molecule has 0 heterocycles. The molecule has 3 nitrogen and oxygen atoms in total. The summed E-state index contributed by atoms with van der Waals surface area (Å²) in [7, 11) is 0. The molecule has 1 amide bonds. The van der Waals surface area contributed by atoms with E-state index in [1.165, 1.54) is 44.9 Å². The lowest BCUT2D eigenvalue weighted by Gasteiger charge is -2.14. The van der Waals surface area contributed by atoms with Gasteiger partial charge in [-0.05, 0) is 20.3 Å². The molecule has 2 N–H and O–H groups in total. The van der Waals surface area contributed by atoms with Crippen LogP contribution in [-0.4, -0.2) is 11.9 Å². The summed E-state index contributed by atoms with van der Waals surface area (Å²) in [6, 6.07) is 0.291. The molecule has 0 aliphatic heterocycles. The van der Waals surface area contributed by atoms with E-state index in [2.05, 4.69) is 17.8 Å². The van der Waals surface area contributed by atoms with Crippen molar-refractivity contribution in [3.63, 3.8) is 0 Å². The summed E-state index contributed by atoms with van der Waals surface area (Å²) in [6.45, 7) is 8.28. The molecule has 0 aromatic carbocycles. The number of amides is 1. The van der Waals surface area contributed by atoms with Gasteiger partial charge in [-0.2, -0.15) is 0 Å². The topological polar surface area (TPSA) is 41.1 Å². The van der Waals surface area contributed by atoms with Crippen LogP contribution in [0.15, 0.2) is 0 Å². The van der Waals surface area contributed by atoms with Gasteiger partial charge in [-0.25, -0.2) is 5.43 Å². The van der Waals surface area contributed by atoms with Crippen molar-refractivity contribution in [2.24, 2.45) is 5.92 Å². The molecule has 0 saturated heterocycles. The molecule has 0 fully saturated rings. The summed E-state index contributed by atoms with van der Waals surface area (Å²) in [5, 5.41) is 0. The van der Waals surface area contributed by atoms with Crippen molar-refractivity contribution < 1.29 is 4.79 Å². The Morgan fingerprint density at radius 1 is 0.944 bits per heavy atom. The van der Waals surface area contributed by atoms with Crippen molar-refractivity contribution in [3.8, 4) is 0 Å². The molecule has 1 atom stereocenters. The maximum absolute atomic E-state index is 11.7. The Labute approximate surface area is 113 Å². The maximum Gasteiger partial charge on any atom is 0.236 e. The van der Waals surface area contributed by atoms with E-state index in [4.69, 9.17) is 0 Å². The van der Waals surface area contributed by atoms with Gasteiger partial charge in [0, 0.05) is 12.0 Å². The first kappa shape index (κ1) is 17.4. The Bertz CT molecular complexity index is 205. The summed E-state index contributed by atoms with van der Waals surface area (Å²) in [5.41, 5.74) is 5.71. The average molecular weight is 256 g/mol. The zero-order valence-corrected chi connectivity index (χ0v) is 12.7. The first-order valence-corrected chi connectivity index (χ1v) is 7.63. The molecule has 0 aromatic heterocycles. The first-order valence-electron chi connectivity index (χ1n) is 7.63. The predicted molar refractivity (Wildman–Crippen MR) is 78.2 cm³/mol. The summed E-state index contributed by atoms with van der Waals surface area (Å²) >= 11 is 0. The molecule has 18 heavy (non-hydrogen) atoms. The highest BCUT2D eigenvalue weighted by Crippen LogP contribution is 2.12. The third kappa shape index (κ3) is 10.6. The maximum atomic E-state index is 11.7. The largest absolute Gasteiger partial charge is 0.291 e. The smallest absolute Gasteiger partial charge is 0.236 e. The van der Waals surface area contributed by atoms with Gasteiger partial charge in [-0.15, -0.1) is 0 Å². The van der Waals surface area contributed by atoms with Gasteiger partial charge in [0.15, 0.2) is 0 Å². The molecule has 0 saturated carbocycles. The van der Waals surface area contributed by atoms with E-state index in [1.807, 2.05) is 20.8 Å². The van der Waals surface area contributed by atoms with Gasteiger partial charge < -0.3 is 0 Å². The van der Waals surface area contributed by atoms with Crippen molar-refractivity contribution in [2.45, 2.75) is 85.1 Å². The molecule has 108 valence electrons. The van der Waals surface area contributed by atoms with Gasteiger partial charge in [0.05, 0.1) is 0 Å². The second-order valence-electron chi connectivity index (χ2n) is 5.60. The van der Waals surface area contributed by atoms with Crippen molar-refractivity contribution in [1.29, 1.82) is 0 Å². The molecular weight excluding hydrogens is 224 g/mol. The number of hydrogen-bond acceptors (Lipinski definition) is 2. The molecule has 0 radical (unpaired) electrons. The van der Waals surface area contributed by atoms with E-state index in [-0.39, 0.29) is 11.8 Å². The Balaban J connectivity index is 3.40. The van der Waals surface area contributed by atoms with Gasteiger partial charge in [-0.3, -0.25) is 10.2 Å². The summed E-state index contributed by atoms with van der Waals surface area (Å²) in [5.74, 6) is 0.238. The minimum absolute atomic E-state index is 0.117. The summed E-state index contributed by atoms with van der Waals surface area (Å²) in [4.78, 5) is 11.7. The first-order chi connectivity index (χ1) is 8.57. The van der Waals surface area contributed by atoms with Crippen LogP contribution in [-0.2, 0) is 4.79 Å². The second kappa shape index (κ2) is 11.5. The molecular formula is C15H32N2O. The van der Waals surface area contributed by atoms with Crippen molar-refractivity contribution in [2.75, 3.05) is 0 Å². The Morgan fingerprint density at radius 3 is 2.06 bits per heavy atom. The summed E-state index contributed by atoms with van der Waals surface area (Å²) < 4.78 is 0. The number of carbonyl (C=O) groups excluding carboxylic acids is 1. The van der Waals surface area contributed by atoms with Crippen LogP contribution in [0.5, 0.6) is 0 Å². The molecule has 3 heteroatoms. The van der Waals surface area contributed by atoms with E-state index < -0.39 is 0 Å². The molecule has 1 unspecified atom stereocenters. The van der Waals surface area contributed by atoms with Crippen molar-refractivity contribution >= 4 is 5.91 Å². The molecule has 0 aliphatic rings. The van der Waals surface area contributed by atoms with Gasteiger partial charge in [0.1, 0.15) is 0 Å². The van der Waals surface area contributed by atoms with E-state index >= 15 is 0 Å². The minimum atomic E-state index is 0.117. The molecule has 0 rings (SSSR count). The van der Waals surface area contributed by atoms with Crippen LogP contribution < -0.4 is 10.9 Å². The van der Waals surface area contributed by atoms with Crippen LogP contribution >= 0.6 is 0 Å². The zero-order valence-electron chi connectivity index (χ0n) is 12.7. The van der Waals surface area contributed by atoms with Crippen molar-refractivity contribution in [3.05, 3.63) is 0 Å². The normalized spacial score (nSPS) is 12.7. The number of carbonyl (C=O) groups is 1. The van der Waals surface area contributed by atoms with Crippen LogP contribution in [0.3, 0.4) is 0 Å². The van der Waals surface area contributed by atoms with E-state index in [9.17, 15) is 4.79 Å². The number of rotatable bonds is 11. The van der Waals surface area contributed by atoms with Crippen LogP contribution in [0.4, 0.5) is 0 Å².